The predicted molar refractivity (Wildman–Crippen MR) is 141 cm³/mol. The average molecular weight is 523 g/mol. The van der Waals surface area contributed by atoms with Crippen LogP contribution in [0.4, 0.5) is 14.6 Å². The van der Waals surface area contributed by atoms with Crippen molar-refractivity contribution in [3.63, 3.8) is 0 Å². The fraction of sp³-hybridized carbons (Fsp3) is 0.379. The molecular formula is C29H32F2N4O3. The predicted octanol–water partition coefficient (Wildman–Crippen LogP) is 4.65. The van der Waals surface area contributed by atoms with E-state index in [1.807, 2.05) is 17.0 Å². The number of amides is 1. The molecule has 2 N–H and O–H groups in total. The van der Waals surface area contributed by atoms with Gasteiger partial charge in [-0.3, -0.25) is 4.79 Å². The van der Waals surface area contributed by atoms with Crippen LogP contribution in [0.2, 0.25) is 0 Å². The number of likely N-dealkylation sites (tertiary alicyclic amines) is 2. The zero-order valence-corrected chi connectivity index (χ0v) is 21.2. The van der Waals surface area contributed by atoms with Gasteiger partial charge in [0.25, 0.3) is 5.91 Å². The number of hydrogen-bond acceptors (Lipinski definition) is 6. The second kappa shape index (κ2) is 11.8. The van der Waals surface area contributed by atoms with Crippen LogP contribution in [0.25, 0.3) is 11.1 Å². The van der Waals surface area contributed by atoms with E-state index in [-0.39, 0.29) is 42.3 Å². The van der Waals surface area contributed by atoms with Gasteiger partial charge in [0.15, 0.2) is 18.2 Å². The lowest BCUT2D eigenvalue weighted by atomic mass is 10.1. The van der Waals surface area contributed by atoms with Gasteiger partial charge >= 0.3 is 0 Å². The van der Waals surface area contributed by atoms with Gasteiger partial charge in [-0.15, -0.1) is 0 Å². The maximum atomic E-state index is 13.9. The summed E-state index contributed by atoms with van der Waals surface area (Å²) in [7, 11) is 0. The Kier molecular flexibility index (Phi) is 8.03. The minimum absolute atomic E-state index is 0.00384. The second-order valence-corrected chi connectivity index (χ2v) is 9.80. The van der Waals surface area contributed by atoms with Crippen molar-refractivity contribution >= 4 is 11.7 Å². The Bertz CT molecular complexity index is 1240. The number of nitrogens with zero attached hydrogens (tertiary/aromatic N) is 3. The highest BCUT2D eigenvalue weighted by Crippen LogP contribution is 2.29. The van der Waals surface area contributed by atoms with E-state index in [1.54, 1.807) is 24.4 Å². The number of nitrogen functional groups attached to an aromatic ring is 1. The summed E-state index contributed by atoms with van der Waals surface area (Å²) in [5.74, 6) is -0.417. The molecule has 0 saturated carbocycles. The summed E-state index contributed by atoms with van der Waals surface area (Å²) in [6, 6.07) is 12.9. The van der Waals surface area contributed by atoms with Gasteiger partial charge in [-0.1, -0.05) is 18.2 Å². The molecule has 1 aromatic heterocycles. The number of ether oxygens (including phenoxy) is 2. The molecule has 0 bridgehead atoms. The third kappa shape index (κ3) is 6.05. The van der Waals surface area contributed by atoms with Crippen LogP contribution in [0.1, 0.15) is 31.2 Å². The van der Waals surface area contributed by atoms with Crippen LogP contribution in [0, 0.1) is 11.6 Å². The quantitative estimate of drug-likeness (QED) is 0.441. The van der Waals surface area contributed by atoms with Crippen molar-refractivity contribution in [2.75, 3.05) is 38.5 Å². The zero-order valence-electron chi connectivity index (χ0n) is 21.2. The molecule has 3 aromatic rings. The van der Waals surface area contributed by atoms with Crippen molar-refractivity contribution in [1.82, 2.24) is 14.8 Å². The van der Waals surface area contributed by atoms with Crippen LogP contribution >= 0.6 is 0 Å². The normalized spacial score (nSPS) is 17.6. The highest BCUT2D eigenvalue weighted by atomic mass is 19.1. The second-order valence-electron chi connectivity index (χ2n) is 9.80. The molecule has 38 heavy (non-hydrogen) atoms. The number of anilines is 1. The lowest BCUT2D eigenvalue weighted by Gasteiger charge is -2.28. The Morgan fingerprint density at radius 3 is 2.45 bits per heavy atom. The number of nitrogens with two attached hydrogens (primary N) is 1. The summed E-state index contributed by atoms with van der Waals surface area (Å²) >= 11 is 0. The number of pyridine rings is 1. The molecule has 2 fully saturated rings. The summed E-state index contributed by atoms with van der Waals surface area (Å²) in [5.41, 5.74) is 7.29. The average Bonchev–Trinajstić information content (AvgIpc) is 3.61. The van der Waals surface area contributed by atoms with E-state index in [2.05, 4.69) is 9.88 Å². The molecule has 1 atom stereocenters. The van der Waals surface area contributed by atoms with Crippen molar-refractivity contribution in [1.29, 1.82) is 0 Å². The first-order valence-corrected chi connectivity index (χ1v) is 13.0. The van der Waals surface area contributed by atoms with E-state index in [1.165, 1.54) is 31.0 Å². The van der Waals surface area contributed by atoms with Crippen LogP contribution in [0.3, 0.4) is 0 Å². The third-order valence-electron chi connectivity index (χ3n) is 7.23. The molecule has 2 saturated heterocycles. The van der Waals surface area contributed by atoms with Crippen LogP contribution in [0.15, 0.2) is 54.7 Å². The van der Waals surface area contributed by atoms with E-state index in [0.29, 0.717) is 11.3 Å². The van der Waals surface area contributed by atoms with Crippen molar-refractivity contribution in [2.45, 2.75) is 38.3 Å². The van der Waals surface area contributed by atoms with Crippen molar-refractivity contribution in [2.24, 2.45) is 0 Å². The highest BCUT2D eigenvalue weighted by Gasteiger charge is 2.31. The number of hydrogen-bond donors (Lipinski definition) is 1. The minimum atomic E-state index is -0.686. The maximum absolute atomic E-state index is 13.9. The Morgan fingerprint density at radius 2 is 1.71 bits per heavy atom. The zero-order chi connectivity index (χ0) is 26.5. The molecule has 2 aliphatic heterocycles. The summed E-state index contributed by atoms with van der Waals surface area (Å²) in [4.78, 5) is 21.5. The van der Waals surface area contributed by atoms with Gasteiger partial charge in [0.05, 0.1) is 5.56 Å². The van der Waals surface area contributed by atoms with Crippen molar-refractivity contribution < 1.29 is 23.0 Å². The van der Waals surface area contributed by atoms with Gasteiger partial charge < -0.3 is 25.0 Å². The van der Waals surface area contributed by atoms with Crippen molar-refractivity contribution in [3.8, 4) is 22.6 Å². The first kappa shape index (κ1) is 25.9. The topological polar surface area (TPSA) is 80.9 Å². The number of rotatable bonds is 9. The molecule has 7 nitrogen and oxygen atoms in total. The summed E-state index contributed by atoms with van der Waals surface area (Å²) in [6.07, 6.45) is 6.17. The molecular weight excluding hydrogens is 490 g/mol. The Morgan fingerprint density at radius 1 is 0.974 bits per heavy atom. The molecule has 0 aliphatic carbocycles. The van der Waals surface area contributed by atoms with Crippen LogP contribution < -0.4 is 15.2 Å². The monoisotopic (exact) mass is 522 g/mol. The molecule has 5 rings (SSSR count). The lowest BCUT2D eigenvalue weighted by molar-refractivity contribution is -0.134. The van der Waals surface area contributed by atoms with Gasteiger partial charge in [0.2, 0.25) is 0 Å². The summed E-state index contributed by atoms with van der Waals surface area (Å²) < 4.78 is 39.3. The third-order valence-corrected chi connectivity index (χ3v) is 7.23. The molecule has 0 radical (unpaired) electrons. The van der Waals surface area contributed by atoms with Crippen LogP contribution in [0.5, 0.6) is 11.5 Å². The van der Waals surface area contributed by atoms with Gasteiger partial charge in [-0.2, -0.15) is 0 Å². The van der Waals surface area contributed by atoms with Gasteiger partial charge in [-0.25, -0.2) is 13.8 Å². The smallest absolute Gasteiger partial charge is 0.260 e. The van der Waals surface area contributed by atoms with E-state index in [0.717, 1.165) is 44.6 Å². The number of benzene rings is 2. The Hall–Kier alpha value is -3.72. The minimum Gasteiger partial charge on any atom is -0.485 e. The van der Waals surface area contributed by atoms with Gasteiger partial charge in [-0.05, 0) is 74.7 Å². The van der Waals surface area contributed by atoms with Crippen LogP contribution in [-0.4, -0.2) is 59.5 Å². The van der Waals surface area contributed by atoms with E-state index in [9.17, 15) is 13.6 Å². The number of carbonyl (C=O) groups excluding carboxylic acids is 1. The van der Waals surface area contributed by atoms with Gasteiger partial charge in [0.1, 0.15) is 24.0 Å². The summed E-state index contributed by atoms with van der Waals surface area (Å²) in [5, 5.41) is 0. The lowest BCUT2D eigenvalue weighted by Crippen LogP contribution is -2.44. The molecule has 2 aromatic carbocycles. The van der Waals surface area contributed by atoms with Crippen molar-refractivity contribution in [3.05, 3.63) is 71.9 Å². The first-order chi connectivity index (χ1) is 18.5. The van der Waals surface area contributed by atoms with Crippen LogP contribution in [-0.2, 0) is 11.4 Å². The molecule has 9 heteroatoms. The fourth-order valence-electron chi connectivity index (χ4n) is 5.14. The standard InChI is InChI=1S/C29H32F2N4O3/c30-25-6-3-7-26(31)24(25)18-38-27-15-21(16-33-29(27)32)20-8-10-23(11-9-20)37-19-28(36)35-14-4-5-22(35)17-34-12-1-2-13-34/h3,6-11,15-16,22H,1-2,4-5,12-14,17-19H2,(H2,32,33). The molecule has 200 valence electrons. The largest absolute Gasteiger partial charge is 0.485 e. The highest BCUT2D eigenvalue weighted by molar-refractivity contribution is 5.78. The SMILES string of the molecule is Nc1ncc(-c2ccc(OCC(=O)N3CCCC3CN3CCCC3)cc2)cc1OCc1c(F)cccc1F. The number of aromatic nitrogens is 1. The molecule has 0 spiro atoms. The maximum Gasteiger partial charge on any atom is 0.260 e. The summed E-state index contributed by atoms with van der Waals surface area (Å²) in [6.45, 7) is 3.69. The fourth-order valence-corrected chi connectivity index (χ4v) is 5.14. The van der Waals surface area contributed by atoms with E-state index < -0.39 is 11.6 Å². The number of halogens is 2. The molecule has 3 heterocycles. The molecule has 1 amide bonds. The molecule has 2 aliphatic rings. The van der Waals surface area contributed by atoms with Gasteiger partial charge in [0, 0.05) is 30.9 Å². The Balaban J connectivity index is 1.18. The molecule has 1 unspecified atom stereocenters. The first-order valence-electron chi connectivity index (χ1n) is 13.0. The Labute approximate surface area is 221 Å². The van der Waals surface area contributed by atoms with E-state index in [4.69, 9.17) is 15.2 Å². The number of carbonyl (C=O) groups is 1. The van der Waals surface area contributed by atoms with E-state index >= 15 is 0 Å².